The first kappa shape index (κ1) is 11.1. The Hall–Kier alpha value is -3.03. The first-order chi connectivity index (χ1) is 9.33. The van der Waals surface area contributed by atoms with Crippen LogP contribution >= 0.6 is 0 Å². The Morgan fingerprint density at radius 1 is 1.26 bits per heavy atom. The van der Waals surface area contributed by atoms with E-state index in [2.05, 4.69) is 36.1 Å². The number of nitrogens with one attached hydrogen (secondary N) is 3. The minimum Gasteiger partial charge on any atom is -0.319 e. The van der Waals surface area contributed by atoms with Crippen molar-refractivity contribution in [1.82, 2.24) is 30.8 Å². The van der Waals surface area contributed by atoms with E-state index in [-0.39, 0.29) is 5.82 Å². The van der Waals surface area contributed by atoms with Crippen molar-refractivity contribution in [2.24, 2.45) is 0 Å². The van der Waals surface area contributed by atoms with Gasteiger partial charge in [-0.3, -0.25) is 9.89 Å². The molecule has 0 bridgehead atoms. The standard InChI is InChI=1S/C11H9N7O/c19-11(10-15-17-18-16-10)13-8-3-1-2-7(6-8)9-4-5-12-14-9/h1-6H,(H,12,14)(H,13,19)(H,15,16,17,18). The van der Waals surface area contributed by atoms with Crippen LogP contribution in [-0.4, -0.2) is 36.7 Å². The van der Waals surface area contributed by atoms with Crippen LogP contribution < -0.4 is 5.32 Å². The zero-order valence-electron chi connectivity index (χ0n) is 9.66. The molecule has 19 heavy (non-hydrogen) atoms. The molecule has 3 rings (SSSR count). The summed E-state index contributed by atoms with van der Waals surface area (Å²) >= 11 is 0. The number of nitrogens with zero attached hydrogens (tertiary/aromatic N) is 4. The van der Waals surface area contributed by atoms with Crippen LogP contribution in [0.4, 0.5) is 5.69 Å². The van der Waals surface area contributed by atoms with Gasteiger partial charge in [0.1, 0.15) is 0 Å². The van der Waals surface area contributed by atoms with Crippen molar-refractivity contribution in [3.8, 4) is 11.3 Å². The molecule has 0 unspecified atom stereocenters. The van der Waals surface area contributed by atoms with Crippen LogP contribution in [0.2, 0.25) is 0 Å². The molecule has 1 aromatic carbocycles. The Labute approximate surface area is 107 Å². The van der Waals surface area contributed by atoms with Crippen molar-refractivity contribution in [2.75, 3.05) is 5.32 Å². The molecule has 2 heterocycles. The van der Waals surface area contributed by atoms with Gasteiger partial charge >= 0.3 is 0 Å². The lowest BCUT2D eigenvalue weighted by molar-refractivity contribution is 0.101. The summed E-state index contributed by atoms with van der Waals surface area (Å²) in [5.74, 6) is -0.428. The van der Waals surface area contributed by atoms with Crippen molar-refractivity contribution in [3.63, 3.8) is 0 Å². The van der Waals surface area contributed by atoms with Crippen molar-refractivity contribution in [2.45, 2.75) is 0 Å². The predicted molar refractivity (Wildman–Crippen MR) is 66.2 cm³/mol. The maximum Gasteiger partial charge on any atom is 0.297 e. The minimum absolute atomic E-state index is 0.00746. The number of carbonyl (C=O) groups excluding carboxylic acids is 1. The van der Waals surface area contributed by atoms with Crippen molar-refractivity contribution in [3.05, 3.63) is 42.4 Å². The van der Waals surface area contributed by atoms with Crippen LogP contribution in [0.3, 0.4) is 0 Å². The molecule has 0 aliphatic heterocycles. The highest BCUT2D eigenvalue weighted by Crippen LogP contribution is 2.20. The highest BCUT2D eigenvalue weighted by molar-refractivity contribution is 6.01. The Morgan fingerprint density at radius 2 is 2.21 bits per heavy atom. The van der Waals surface area contributed by atoms with Gasteiger partial charge in [-0.15, -0.1) is 10.2 Å². The summed E-state index contributed by atoms with van der Waals surface area (Å²) in [6.07, 6.45) is 1.67. The summed E-state index contributed by atoms with van der Waals surface area (Å²) in [6, 6.07) is 9.20. The van der Waals surface area contributed by atoms with Gasteiger partial charge in [-0.2, -0.15) is 10.3 Å². The van der Waals surface area contributed by atoms with Crippen molar-refractivity contribution in [1.29, 1.82) is 0 Å². The number of H-pyrrole nitrogens is 2. The first-order valence-electron chi connectivity index (χ1n) is 5.47. The molecule has 1 amide bonds. The average Bonchev–Trinajstić information content (AvgIpc) is 3.13. The van der Waals surface area contributed by atoms with E-state index in [1.165, 1.54) is 0 Å². The number of hydrogen-bond donors (Lipinski definition) is 3. The van der Waals surface area contributed by atoms with Gasteiger partial charge in [0.05, 0.1) is 5.69 Å². The van der Waals surface area contributed by atoms with E-state index in [1.54, 1.807) is 12.3 Å². The van der Waals surface area contributed by atoms with Crippen LogP contribution in [0.5, 0.6) is 0 Å². The molecule has 0 fully saturated rings. The van der Waals surface area contributed by atoms with Gasteiger partial charge < -0.3 is 5.32 Å². The normalized spacial score (nSPS) is 10.3. The summed E-state index contributed by atoms with van der Waals surface area (Å²) < 4.78 is 0. The van der Waals surface area contributed by atoms with Gasteiger partial charge in [0.15, 0.2) is 0 Å². The lowest BCUT2D eigenvalue weighted by atomic mass is 10.1. The lowest BCUT2D eigenvalue weighted by Gasteiger charge is -2.04. The summed E-state index contributed by atoms with van der Waals surface area (Å²) in [5.41, 5.74) is 2.43. The number of tetrazole rings is 1. The quantitative estimate of drug-likeness (QED) is 0.642. The van der Waals surface area contributed by atoms with E-state index in [4.69, 9.17) is 0 Å². The number of aromatic nitrogens is 6. The number of aromatic amines is 2. The molecule has 8 heteroatoms. The molecular weight excluding hydrogens is 246 g/mol. The molecule has 0 atom stereocenters. The molecule has 0 radical (unpaired) electrons. The average molecular weight is 255 g/mol. The second kappa shape index (κ2) is 4.69. The van der Waals surface area contributed by atoms with E-state index in [0.717, 1.165) is 11.3 Å². The fourth-order valence-electron chi connectivity index (χ4n) is 1.63. The van der Waals surface area contributed by atoms with Gasteiger partial charge in [0.25, 0.3) is 11.7 Å². The number of carbonyl (C=O) groups is 1. The maximum absolute atomic E-state index is 11.8. The van der Waals surface area contributed by atoms with Crippen LogP contribution in [0.25, 0.3) is 11.3 Å². The van der Waals surface area contributed by atoms with E-state index < -0.39 is 5.91 Å². The Bertz CT molecular complexity index is 675. The monoisotopic (exact) mass is 255 g/mol. The van der Waals surface area contributed by atoms with Crippen LogP contribution in [0, 0.1) is 0 Å². The van der Waals surface area contributed by atoms with Crippen LogP contribution in [-0.2, 0) is 0 Å². The molecule has 3 aromatic rings. The van der Waals surface area contributed by atoms with Gasteiger partial charge in [-0.05, 0) is 23.4 Å². The third kappa shape index (κ3) is 2.32. The largest absolute Gasteiger partial charge is 0.319 e. The zero-order valence-corrected chi connectivity index (χ0v) is 9.66. The fraction of sp³-hybridized carbons (Fsp3) is 0. The van der Waals surface area contributed by atoms with Crippen molar-refractivity contribution < 1.29 is 4.79 Å². The van der Waals surface area contributed by atoms with E-state index in [1.807, 2.05) is 24.3 Å². The Kier molecular flexibility index (Phi) is 2.73. The lowest BCUT2D eigenvalue weighted by Crippen LogP contribution is -2.13. The van der Waals surface area contributed by atoms with Gasteiger partial charge in [0, 0.05) is 17.4 Å². The SMILES string of the molecule is O=C(Nc1cccc(-c2ccn[nH]2)c1)c1nn[nH]n1. The van der Waals surface area contributed by atoms with E-state index in [9.17, 15) is 4.79 Å². The molecule has 0 spiro atoms. The minimum atomic E-state index is -0.421. The molecule has 0 saturated heterocycles. The number of hydrogen-bond acceptors (Lipinski definition) is 5. The van der Waals surface area contributed by atoms with E-state index >= 15 is 0 Å². The highest BCUT2D eigenvalue weighted by atomic mass is 16.2. The highest BCUT2D eigenvalue weighted by Gasteiger charge is 2.11. The second-order valence-corrected chi connectivity index (χ2v) is 3.74. The molecule has 0 saturated carbocycles. The molecule has 94 valence electrons. The number of rotatable bonds is 3. The van der Waals surface area contributed by atoms with Crippen molar-refractivity contribution >= 4 is 11.6 Å². The molecule has 0 aliphatic rings. The van der Waals surface area contributed by atoms with Gasteiger partial charge in [-0.25, -0.2) is 0 Å². The molecule has 2 aromatic heterocycles. The molecular formula is C11H9N7O. The predicted octanol–water partition coefficient (Wildman–Crippen LogP) is 0.842. The summed E-state index contributed by atoms with van der Waals surface area (Å²) in [7, 11) is 0. The summed E-state index contributed by atoms with van der Waals surface area (Å²) in [6.45, 7) is 0. The van der Waals surface area contributed by atoms with Crippen LogP contribution in [0.1, 0.15) is 10.6 Å². The number of benzene rings is 1. The first-order valence-corrected chi connectivity index (χ1v) is 5.47. The number of anilines is 1. The third-order valence-electron chi connectivity index (χ3n) is 2.48. The number of amides is 1. The second-order valence-electron chi connectivity index (χ2n) is 3.74. The zero-order chi connectivity index (χ0) is 13.1. The fourth-order valence-corrected chi connectivity index (χ4v) is 1.63. The van der Waals surface area contributed by atoms with Crippen LogP contribution in [0.15, 0.2) is 36.5 Å². The Morgan fingerprint density at radius 3 is 2.95 bits per heavy atom. The summed E-state index contributed by atoms with van der Waals surface area (Å²) in [4.78, 5) is 11.8. The summed E-state index contributed by atoms with van der Waals surface area (Å²) in [5, 5.41) is 22.2. The Balaban J connectivity index is 1.82. The smallest absolute Gasteiger partial charge is 0.297 e. The topological polar surface area (TPSA) is 112 Å². The molecule has 0 aliphatic carbocycles. The van der Waals surface area contributed by atoms with E-state index in [0.29, 0.717) is 5.69 Å². The van der Waals surface area contributed by atoms with Gasteiger partial charge in [-0.1, -0.05) is 12.1 Å². The molecule has 8 nitrogen and oxygen atoms in total. The van der Waals surface area contributed by atoms with Gasteiger partial charge in [0.2, 0.25) is 0 Å². The third-order valence-corrected chi connectivity index (χ3v) is 2.48. The molecule has 3 N–H and O–H groups in total. The maximum atomic E-state index is 11.8.